The molecule has 0 saturated carbocycles. The normalized spacial score (nSPS) is 11.7. The molecule has 10 heteroatoms. The monoisotopic (exact) mass is 284 g/mol. The zero-order valence-electron chi connectivity index (χ0n) is 11.1. The van der Waals surface area contributed by atoms with Gasteiger partial charge in [-0.2, -0.15) is 5.10 Å². The number of carbonyl (C=O) groups is 3. The van der Waals surface area contributed by atoms with E-state index < -0.39 is 30.4 Å². The minimum absolute atomic E-state index is 0.0963. The fraction of sp³-hybridized carbons (Fsp3) is 0.500. The summed E-state index contributed by atoms with van der Waals surface area (Å²) in [5.41, 5.74) is 4.92. The van der Waals surface area contributed by atoms with E-state index in [9.17, 15) is 14.4 Å². The molecule has 0 fully saturated rings. The van der Waals surface area contributed by atoms with Gasteiger partial charge in [0, 0.05) is 7.05 Å². The highest BCUT2D eigenvalue weighted by Crippen LogP contribution is 1.99. The van der Waals surface area contributed by atoms with E-state index in [1.54, 1.807) is 6.92 Å². The summed E-state index contributed by atoms with van der Waals surface area (Å²) < 4.78 is 0. The van der Waals surface area contributed by atoms with Crippen molar-refractivity contribution in [1.29, 1.82) is 0 Å². The lowest BCUT2D eigenvalue weighted by molar-refractivity contribution is -0.140. The molecule has 1 unspecified atom stereocenters. The number of rotatable bonds is 6. The number of nitrogens with zero attached hydrogens (tertiary/aromatic N) is 3. The highest BCUT2D eigenvalue weighted by molar-refractivity contribution is 5.87. The predicted octanol–water partition coefficient (Wildman–Crippen LogP) is -1.42. The van der Waals surface area contributed by atoms with Crippen LogP contribution in [0.3, 0.4) is 0 Å². The van der Waals surface area contributed by atoms with Crippen LogP contribution in [0.5, 0.6) is 0 Å². The van der Waals surface area contributed by atoms with Gasteiger partial charge in [-0.25, -0.2) is 14.6 Å². The Morgan fingerprint density at radius 3 is 2.60 bits per heavy atom. The zero-order valence-corrected chi connectivity index (χ0v) is 11.1. The fourth-order valence-electron chi connectivity index (χ4n) is 1.40. The maximum Gasteiger partial charge on any atom is 0.326 e. The number of aryl methyl sites for hydroxylation is 1. The minimum atomic E-state index is -1.36. The zero-order chi connectivity index (χ0) is 15.3. The first kappa shape index (κ1) is 15.4. The van der Waals surface area contributed by atoms with Crippen molar-refractivity contribution in [2.45, 2.75) is 25.9 Å². The molecule has 10 nitrogen and oxygen atoms in total. The number of amides is 3. The number of carboxylic acid groups (broad SMARTS) is 1. The average molecular weight is 284 g/mol. The molecule has 1 aromatic heterocycles. The molecule has 1 rings (SSSR count). The first-order valence-corrected chi connectivity index (χ1v) is 5.70. The van der Waals surface area contributed by atoms with Gasteiger partial charge in [0.2, 0.25) is 5.91 Å². The van der Waals surface area contributed by atoms with E-state index in [4.69, 9.17) is 10.8 Å². The van der Waals surface area contributed by atoms with E-state index in [0.29, 0.717) is 11.6 Å². The molecular weight excluding hydrogens is 268 g/mol. The summed E-state index contributed by atoms with van der Waals surface area (Å²) in [4.78, 5) is 38.6. The summed E-state index contributed by atoms with van der Waals surface area (Å²) >= 11 is 0. The second-order valence-corrected chi connectivity index (χ2v) is 4.20. The number of primary amides is 1. The van der Waals surface area contributed by atoms with Crippen LogP contribution < -0.4 is 11.1 Å². The SMILES string of the molecule is Cc1nc(CN(C)C(=O)NC(CC(N)=O)C(=O)O)n[nH]1. The van der Waals surface area contributed by atoms with Gasteiger partial charge in [-0.1, -0.05) is 0 Å². The van der Waals surface area contributed by atoms with Crippen LogP contribution in [-0.4, -0.2) is 56.2 Å². The van der Waals surface area contributed by atoms with Crippen molar-refractivity contribution in [3.63, 3.8) is 0 Å². The van der Waals surface area contributed by atoms with Crippen molar-refractivity contribution < 1.29 is 19.5 Å². The van der Waals surface area contributed by atoms with Gasteiger partial charge < -0.3 is 21.1 Å². The molecular formula is C10H16N6O4. The minimum Gasteiger partial charge on any atom is -0.480 e. The van der Waals surface area contributed by atoms with Gasteiger partial charge in [0.25, 0.3) is 0 Å². The van der Waals surface area contributed by atoms with Gasteiger partial charge in [0.05, 0.1) is 13.0 Å². The standard InChI is InChI=1S/C10H16N6O4/c1-5-12-8(15-14-5)4-16(2)10(20)13-6(9(18)19)3-7(11)17/h6H,3-4H2,1-2H3,(H2,11,17)(H,13,20)(H,18,19)(H,12,14,15). The van der Waals surface area contributed by atoms with Gasteiger partial charge in [0.15, 0.2) is 5.82 Å². The van der Waals surface area contributed by atoms with Crippen LogP contribution in [0.15, 0.2) is 0 Å². The van der Waals surface area contributed by atoms with Gasteiger partial charge in [-0.05, 0) is 6.92 Å². The molecule has 20 heavy (non-hydrogen) atoms. The molecule has 1 heterocycles. The number of hydrogen-bond donors (Lipinski definition) is 4. The number of aromatic nitrogens is 3. The molecule has 3 amide bonds. The van der Waals surface area contributed by atoms with Crippen LogP contribution in [0, 0.1) is 6.92 Å². The maximum absolute atomic E-state index is 11.8. The summed E-state index contributed by atoms with van der Waals surface area (Å²) in [7, 11) is 1.45. The highest BCUT2D eigenvalue weighted by atomic mass is 16.4. The van der Waals surface area contributed by atoms with Gasteiger partial charge in [-0.3, -0.25) is 9.89 Å². The van der Waals surface area contributed by atoms with Crippen molar-refractivity contribution >= 4 is 17.9 Å². The lowest BCUT2D eigenvalue weighted by atomic mass is 10.2. The van der Waals surface area contributed by atoms with Crippen molar-refractivity contribution in [2.24, 2.45) is 5.73 Å². The first-order valence-electron chi connectivity index (χ1n) is 5.70. The predicted molar refractivity (Wildman–Crippen MR) is 66.4 cm³/mol. The van der Waals surface area contributed by atoms with E-state index in [1.165, 1.54) is 11.9 Å². The Morgan fingerprint density at radius 1 is 1.50 bits per heavy atom. The number of aliphatic carboxylic acids is 1. The van der Waals surface area contributed by atoms with Gasteiger partial charge >= 0.3 is 12.0 Å². The van der Waals surface area contributed by atoms with Crippen LogP contribution in [0.4, 0.5) is 4.79 Å². The number of aromatic amines is 1. The molecule has 0 aliphatic carbocycles. The molecule has 1 aromatic rings. The summed E-state index contributed by atoms with van der Waals surface area (Å²) in [5, 5.41) is 17.5. The number of hydrogen-bond acceptors (Lipinski definition) is 5. The van der Waals surface area contributed by atoms with Crippen LogP contribution >= 0.6 is 0 Å². The highest BCUT2D eigenvalue weighted by Gasteiger charge is 2.24. The third kappa shape index (κ3) is 4.55. The molecule has 0 aromatic carbocycles. The Hall–Kier alpha value is -2.65. The van der Waals surface area contributed by atoms with Gasteiger partial charge in [-0.15, -0.1) is 0 Å². The van der Waals surface area contributed by atoms with Crippen molar-refractivity contribution in [2.75, 3.05) is 7.05 Å². The number of nitrogens with two attached hydrogens (primary N) is 1. The van der Waals surface area contributed by atoms with Crippen LogP contribution in [0.1, 0.15) is 18.1 Å². The third-order valence-corrected chi connectivity index (χ3v) is 2.37. The molecule has 5 N–H and O–H groups in total. The molecule has 0 saturated heterocycles. The number of carboxylic acids is 1. The Kier molecular flexibility index (Phi) is 5.01. The van der Waals surface area contributed by atoms with Crippen molar-refractivity contribution in [3.05, 3.63) is 11.6 Å². The molecule has 110 valence electrons. The molecule has 0 aliphatic rings. The van der Waals surface area contributed by atoms with E-state index in [0.717, 1.165) is 0 Å². The second-order valence-electron chi connectivity index (χ2n) is 4.20. The van der Waals surface area contributed by atoms with Crippen LogP contribution in [0.25, 0.3) is 0 Å². The van der Waals surface area contributed by atoms with Crippen molar-refractivity contribution in [1.82, 2.24) is 25.4 Å². The Labute approximate surface area is 114 Å². The largest absolute Gasteiger partial charge is 0.480 e. The van der Waals surface area contributed by atoms with Crippen LogP contribution in [-0.2, 0) is 16.1 Å². The van der Waals surface area contributed by atoms with Crippen LogP contribution in [0.2, 0.25) is 0 Å². The molecule has 1 atom stereocenters. The van der Waals surface area contributed by atoms with Crippen molar-refractivity contribution in [3.8, 4) is 0 Å². The maximum atomic E-state index is 11.8. The summed E-state index contributed by atoms with van der Waals surface area (Å²) in [6.07, 6.45) is -0.478. The number of H-pyrrole nitrogens is 1. The summed E-state index contributed by atoms with van der Waals surface area (Å²) in [5.74, 6) is -1.16. The Balaban J connectivity index is 2.59. The lowest BCUT2D eigenvalue weighted by Gasteiger charge is -2.19. The molecule has 0 aliphatic heterocycles. The van der Waals surface area contributed by atoms with E-state index in [-0.39, 0.29) is 6.54 Å². The molecule has 0 bridgehead atoms. The average Bonchev–Trinajstić information content (AvgIpc) is 2.72. The molecule has 0 radical (unpaired) electrons. The summed E-state index contributed by atoms with van der Waals surface area (Å²) in [6.45, 7) is 1.81. The van der Waals surface area contributed by atoms with E-state index in [1.807, 2.05) is 0 Å². The quantitative estimate of drug-likeness (QED) is 0.502. The Morgan fingerprint density at radius 2 is 2.15 bits per heavy atom. The Bertz CT molecular complexity index is 514. The van der Waals surface area contributed by atoms with E-state index in [2.05, 4.69) is 20.5 Å². The number of nitrogens with one attached hydrogen (secondary N) is 2. The van der Waals surface area contributed by atoms with E-state index >= 15 is 0 Å². The lowest BCUT2D eigenvalue weighted by Crippen LogP contribution is -2.48. The molecule has 0 spiro atoms. The third-order valence-electron chi connectivity index (χ3n) is 2.37. The first-order chi connectivity index (χ1) is 9.29. The van der Waals surface area contributed by atoms with Gasteiger partial charge in [0.1, 0.15) is 11.9 Å². The fourth-order valence-corrected chi connectivity index (χ4v) is 1.40. The number of carbonyl (C=O) groups excluding carboxylic acids is 2. The summed E-state index contributed by atoms with van der Waals surface area (Å²) in [6, 6.07) is -2.03. The topological polar surface area (TPSA) is 154 Å². The second kappa shape index (κ2) is 6.50. The smallest absolute Gasteiger partial charge is 0.326 e. The number of urea groups is 1.